The average molecular weight is 261 g/mol. The van der Waals surface area contributed by atoms with Gasteiger partial charge in [-0.05, 0) is 7.05 Å². The number of nitrogens with one attached hydrogen (secondary N) is 1. The summed E-state index contributed by atoms with van der Waals surface area (Å²) in [5.41, 5.74) is 0. The third kappa shape index (κ3) is 12.0. The van der Waals surface area contributed by atoms with Crippen LogP contribution in [0.5, 0.6) is 0 Å². The van der Waals surface area contributed by atoms with Crippen LogP contribution in [0.2, 0.25) is 0 Å². The van der Waals surface area contributed by atoms with Crippen LogP contribution in [0.3, 0.4) is 0 Å². The second-order valence-corrected chi connectivity index (χ2v) is 2.49. The number of Topliss-reactive ketones (excluding diaryl/α,β-unsaturated/α-hetero) is 1. The summed E-state index contributed by atoms with van der Waals surface area (Å²) in [4.78, 5) is 31.6. The number of hydrogen-bond acceptors (Lipinski definition) is 4. The topological polar surface area (TPSA) is 104 Å². The molecule has 0 aromatic carbocycles. The summed E-state index contributed by atoms with van der Waals surface area (Å²) in [6, 6.07) is 0. The van der Waals surface area contributed by atoms with Crippen LogP contribution in [0, 0.1) is 5.92 Å². The van der Waals surface area contributed by atoms with Gasteiger partial charge < -0.3 is 19.8 Å². The Morgan fingerprint density at radius 2 is 1.62 bits per heavy atom. The first-order valence-corrected chi connectivity index (χ1v) is 3.61. The van der Waals surface area contributed by atoms with Gasteiger partial charge in [0.15, 0.2) is 5.78 Å². The molecule has 0 rings (SSSR count). The van der Waals surface area contributed by atoms with Crippen LogP contribution in [0.4, 0.5) is 0 Å². The zero-order valence-electron chi connectivity index (χ0n) is 13.1. The fraction of sp³-hybridized carbons (Fsp3) is 0.571. The van der Waals surface area contributed by atoms with Gasteiger partial charge in [-0.1, -0.05) is 0 Å². The fourth-order valence-electron chi connectivity index (χ4n) is 0.811. The van der Waals surface area contributed by atoms with E-state index in [9.17, 15) is 14.4 Å². The summed E-state index contributed by atoms with van der Waals surface area (Å²) in [6.45, 7) is -0.135. The second kappa shape index (κ2) is 14.6. The number of carboxylic acid groups (broad SMARTS) is 2. The normalized spacial score (nSPS) is 9.81. The van der Waals surface area contributed by atoms with Gasteiger partial charge >= 0.3 is 101 Å². The van der Waals surface area contributed by atoms with Crippen molar-refractivity contribution in [3.63, 3.8) is 0 Å². The van der Waals surface area contributed by atoms with Gasteiger partial charge in [0.05, 0.1) is 13.0 Å². The first kappa shape index (κ1) is 26.2. The van der Waals surface area contributed by atoms with E-state index in [1.807, 2.05) is 0 Å². The van der Waals surface area contributed by atoms with Gasteiger partial charge in [0.1, 0.15) is 5.92 Å². The summed E-state index contributed by atoms with van der Waals surface area (Å²) < 4.78 is 0. The van der Waals surface area contributed by atoms with E-state index in [0.29, 0.717) is 0 Å². The van der Waals surface area contributed by atoms with Gasteiger partial charge in [-0.25, -0.2) is 0 Å². The maximum Gasteiger partial charge on any atom is 1.00 e. The average Bonchev–Trinajstić information content (AvgIpc) is 1.99. The predicted molar refractivity (Wildman–Crippen MR) is 45.6 cm³/mol. The quantitative estimate of drug-likeness (QED) is 0.324. The number of carbonyl (C=O) groups excluding carboxylic acids is 1. The van der Waals surface area contributed by atoms with Crippen molar-refractivity contribution in [1.82, 2.24) is 5.32 Å². The molecule has 0 saturated heterocycles. The van der Waals surface area contributed by atoms with E-state index in [1.54, 1.807) is 0 Å². The van der Waals surface area contributed by atoms with Crippen molar-refractivity contribution >= 4 is 17.7 Å². The molecule has 0 heterocycles. The van der Waals surface area contributed by atoms with Gasteiger partial charge in [0.2, 0.25) is 0 Å². The summed E-state index contributed by atoms with van der Waals surface area (Å²) in [5.74, 6) is -4.78. The van der Waals surface area contributed by atoms with Gasteiger partial charge in [-0.3, -0.25) is 14.4 Å². The molecule has 3 N–H and O–H groups in total. The van der Waals surface area contributed by atoms with Crippen molar-refractivity contribution < 1.29 is 118 Å². The summed E-state index contributed by atoms with van der Waals surface area (Å²) in [5, 5.41) is 19.3. The predicted octanol–water partition coefficient (Wildman–Crippen LogP) is -9.70. The molecule has 9 heteroatoms. The molecule has 0 aromatic rings. The van der Waals surface area contributed by atoms with E-state index in [4.69, 9.17) is 10.2 Å². The molecule has 16 heavy (non-hydrogen) atoms. The summed E-state index contributed by atoms with van der Waals surface area (Å²) in [6.07, 6.45) is -0.671. The molecule has 0 fully saturated rings. The Hall–Kier alpha value is 1.57. The minimum atomic E-state index is -1.45. The fourth-order valence-corrected chi connectivity index (χ4v) is 0.811. The number of ketones is 1. The Balaban J connectivity index is -0.0000000480. The number of aliphatic carboxylic acids is 2. The smallest absolute Gasteiger partial charge is 1.00 e. The van der Waals surface area contributed by atoms with E-state index in [-0.39, 0.29) is 99.5 Å². The third-order valence-corrected chi connectivity index (χ3v) is 1.42. The van der Waals surface area contributed by atoms with Crippen LogP contribution < -0.4 is 94.0 Å². The Morgan fingerprint density at radius 1 is 1.19 bits per heavy atom. The van der Waals surface area contributed by atoms with Gasteiger partial charge in [0, 0.05) is 0 Å². The number of hydrogen-bond donors (Lipinski definition) is 3. The van der Waals surface area contributed by atoms with E-state index in [1.165, 1.54) is 7.05 Å². The zero-order chi connectivity index (χ0) is 10.4. The maximum absolute atomic E-state index is 11.0. The van der Waals surface area contributed by atoms with Gasteiger partial charge in [-0.15, -0.1) is 0 Å². The molecule has 0 spiro atoms. The molecule has 0 radical (unpaired) electrons. The monoisotopic (exact) mass is 261 g/mol. The number of carbonyl (C=O) groups is 3. The maximum atomic E-state index is 11.0. The standard InChI is InChI=1S/C7H11NO5.3Na.3H/c1-8-3-5(9)4(7(12)13)2-6(10)11;;;;;;/h4,8H,2-3H2,1H3,(H,10,11)(H,12,13);;;;;;/q;3*+1;3*-1. The second-order valence-electron chi connectivity index (χ2n) is 2.49. The molecule has 0 aromatic heterocycles. The minimum absolute atomic E-state index is 0. The van der Waals surface area contributed by atoms with Crippen LogP contribution in [0.25, 0.3) is 0 Å². The molecule has 0 bridgehead atoms. The van der Waals surface area contributed by atoms with Crippen molar-refractivity contribution in [2.45, 2.75) is 6.42 Å². The number of rotatable bonds is 6. The molecule has 0 saturated carbocycles. The molecular formula is C7H14NNa3O5. The van der Waals surface area contributed by atoms with Crippen molar-refractivity contribution in [2.75, 3.05) is 13.6 Å². The van der Waals surface area contributed by atoms with Gasteiger partial charge in [0.25, 0.3) is 0 Å². The van der Waals surface area contributed by atoms with Crippen LogP contribution in [-0.2, 0) is 14.4 Å². The van der Waals surface area contributed by atoms with Crippen molar-refractivity contribution in [1.29, 1.82) is 0 Å². The molecule has 1 atom stereocenters. The van der Waals surface area contributed by atoms with Crippen LogP contribution in [-0.4, -0.2) is 41.5 Å². The summed E-state index contributed by atoms with van der Waals surface area (Å²) in [7, 11) is 1.48. The molecular weight excluding hydrogens is 247 g/mol. The molecule has 0 aliphatic rings. The van der Waals surface area contributed by atoms with Crippen LogP contribution in [0.15, 0.2) is 0 Å². The van der Waals surface area contributed by atoms with Gasteiger partial charge in [-0.2, -0.15) is 0 Å². The number of likely N-dealkylation sites (N-methyl/N-ethyl adjacent to an activating group) is 1. The van der Waals surface area contributed by atoms with Crippen molar-refractivity contribution in [3.8, 4) is 0 Å². The molecule has 80 valence electrons. The Morgan fingerprint density at radius 3 is 1.88 bits per heavy atom. The molecule has 0 aliphatic heterocycles. The van der Waals surface area contributed by atoms with E-state index in [0.717, 1.165) is 0 Å². The van der Waals surface area contributed by atoms with Crippen LogP contribution >= 0.6 is 0 Å². The Kier molecular flexibility index (Phi) is 24.0. The SMILES string of the molecule is CNCC(=O)C(CC(=O)O)C(=O)O.[H-].[H-].[H-].[Na+].[Na+].[Na+]. The third-order valence-electron chi connectivity index (χ3n) is 1.42. The largest absolute Gasteiger partial charge is 1.00 e. The van der Waals surface area contributed by atoms with Crippen LogP contribution in [0.1, 0.15) is 10.7 Å². The van der Waals surface area contributed by atoms with E-state index in [2.05, 4.69) is 5.32 Å². The zero-order valence-corrected chi connectivity index (χ0v) is 16.1. The summed E-state index contributed by atoms with van der Waals surface area (Å²) >= 11 is 0. The van der Waals surface area contributed by atoms with E-state index >= 15 is 0 Å². The minimum Gasteiger partial charge on any atom is -1.00 e. The van der Waals surface area contributed by atoms with Crippen molar-refractivity contribution in [3.05, 3.63) is 0 Å². The number of carboxylic acids is 2. The first-order valence-electron chi connectivity index (χ1n) is 3.61. The molecule has 0 amide bonds. The Labute approximate surface area is 164 Å². The molecule has 6 nitrogen and oxygen atoms in total. The first-order chi connectivity index (χ1) is 5.99. The molecule has 1 unspecified atom stereocenters. The Bertz CT molecular complexity index is 248. The van der Waals surface area contributed by atoms with E-state index < -0.39 is 30.1 Å². The molecule has 0 aliphatic carbocycles. The van der Waals surface area contributed by atoms with Crippen molar-refractivity contribution in [2.24, 2.45) is 5.92 Å².